The summed E-state index contributed by atoms with van der Waals surface area (Å²) in [5.41, 5.74) is 0.516. The Labute approximate surface area is 113 Å². The van der Waals surface area contributed by atoms with Gasteiger partial charge >= 0.3 is 6.03 Å². The first kappa shape index (κ1) is 14.2. The minimum absolute atomic E-state index is 0.0106. The van der Waals surface area contributed by atoms with E-state index in [4.69, 9.17) is 4.55 Å². The summed E-state index contributed by atoms with van der Waals surface area (Å²) in [5, 5.41) is 3.94. The molecule has 1 aliphatic rings. The van der Waals surface area contributed by atoms with Crippen LogP contribution in [-0.2, 0) is 26.1 Å². The smallest absolute Gasteiger partial charge is 0.282 e. The topological polar surface area (TPSA) is 130 Å². The Hall–Kier alpha value is -2.26. The molecule has 1 heterocycles. The van der Waals surface area contributed by atoms with Crippen LogP contribution in [-0.4, -0.2) is 30.8 Å². The predicted molar refractivity (Wildman–Crippen MR) is 65.1 cm³/mol. The molecule has 1 saturated heterocycles. The van der Waals surface area contributed by atoms with Gasteiger partial charge in [-0.1, -0.05) is 12.1 Å². The number of hydrogen-bond acceptors (Lipinski definition) is 5. The van der Waals surface area contributed by atoms with Gasteiger partial charge in [-0.2, -0.15) is 8.42 Å². The molecule has 4 amide bonds. The molecule has 3 N–H and O–H groups in total. The fourth-order valence-electron chi connectivity index (χ4n) is 1.77. The van der Waals surface area contributed by atoms with Crippen molar-refractivity contribution < 1.29 is 27.4 Å². The first-order chi connectivity index (χ1) is 9.27. The van der Waals surface area contributed by atoms with Gasteiger partial charge in [0.15, 0.2) is 0 Å². The maximum absolute atomic E-state index is 11.5. The van der Waals surface area contributed by atoms with Crippen LogP contribution >= 0.6 is 0 Å². The second-order valence-corrected chi connectivity index (χ2v) is 5.60. The van der Waals surface area contributed by atoms with E-state index in [-0.39, 0.29) is 11.3 Å². The van der Waals surface area contributed by atoms with Gasteiger partial charge in [0, 0.05) is 0 Å². The third-order valence-electron chi connectivity index (χ3n) is 2.77. The van der Waals surface area contributed by atoms with Crippen LogP contribution in [0.5, 0.6) is 0 Å². The van der Waals surface area contributed by atoms with Crippen LogP contribution in [0.25, 0.3) is 0 Å². The third kappa shape index (κ3) is 3.00. The van der Waals surface area contributed by atoms with Gasteiger partial charge in [0.2, 0.25) is 11.8 Å². The Morgan fingerprint density at radius 1 is 1.00 bits per heavy atom. The lowest BCUT2D eigenvalue weighted by atomic mass is 9.96. The van der Waals surface area contributed by atoms with Gasteiger partial charge in [0.05, 0.1) is 4.90 Å². The van der Waals surface area contributed by atoms with Crippen LogP contribution in [0.15, 0.2) is 29.2 Å². The van der Waals surface area contributed by atoms with E-state index < -0.39 is 33.9 Å². The molecule has 1 aliphatic heterocycles. The fourth-order valence-corrected chi connectivity index (χ4v) is 2.25. The van der Waals surface area contributed by atoms with E-state index in [1.807, 2.05) is 10.6 Å². The molecule has 9 heteroatoms. The van der Waals surface area contributed by atoms with Crippen molar-refractivity contribution in [2.75, 3.05) is 0 Å². The minimum Gasteiger partial charge on any atom is -0.282 e. The molecule has 0 radical (unpaired) electrons. The van der Waals surface area contributed by atoms with Crippen molar-refractivity contribution in [1.82, 2.24) is 10.6 Å². The number of barbiturate groups is 1. The number of hydrogen-bond donors (Lipinski definition) is 3. The van der Waals surface area contributed by atoms with Gasteiger partial charge in [0.25, 0.3) is 10.1 Å². The van der Waals surface area contributed by atoms with Crippen molar-refractivity contribution in [3.05, 3.63) is 29.8 Å². The fraction of sp³-hybridized carbons (Fsp3) is 0.182. The van der Waals surface area contributed by atoms with Gasteiger partial charge in [0.1, 0.15) is 5.92 Å². The summed E-state index contributed by atoms with van der Waals surface area (Å²) >= 11 is 0. The molecule has 2 rings (SSSR count). The van der Waals surface area contributed by atoms with Crippen molar-refractivity contribution in [2.45, 2.75) is 11.3 Å². The number of urea groups is 1. The highest BCUT2D eigenvalue weighted by Gasteiger charge is 2.34. The molecule has 0 aromatic heterocycles. The number of carbonyl (C=O) groups excluding carboxylic acids is 3. The summed E-state index contributed by atoms with van der Waals surface area (Å²) in [7, 11) is -4.28. The van der Waals surface area contributed by atoms with Crippen LogP contribution in [0.1, 0.15) is 5.56 Å². The Balaban J connectivity index is 2.16. The van der Waals surface area contributed by atoms with Crippen molar-refractivity contribution in [2.24, 2.45) is 5.92 Å². The molecule has 0 atom stereocenters. The Morgan fingerprint density at radius 2 is 1.50 bits per heavy atom. The SMILES string of the molecule is O=C1NC(=O)C(Cc2ccc(S(=O)(=O)O)cc2)C(=O)N1. The van der Waals surface area contributed by atoms with Crippen molar-refractivity contribution in [1.29, 1.82) is 0 Å². The summed E-state index contributed by atoms with van der Waals surface area (Å²) in [6.45, 7) is 0. The third-order valence-corrected chi connectivity index (χ3v) is 3.64. The van der Waals surface area contributed by atoms with E-state index in [1.165, 1.54) is 12.1 Å². The van der Waals surface area contributed by atoms with E-state index in [9.17, 15) is 22.8 Å². The van der Waals surface area contributed by atoms with Crippen molar-refractivity contribution in [3.63, 3.8) is 0 Å². The average Bonchev–Trinajstić information content (AvgIpc) is 2.33. The second kappa shape index (κ2) is 5.02. The van der Waals surface area contributed by atoms with Crippen LogP contribution in [0.3, 0.4) is 0 Å². The standard InChI is InChI=1S/C11H10N2O6S/c14-9-8(10(15)13-11(16)12-9)5-6-1-3-7(4-2-6)20(17,18)19/h1-4,8H,5H2,(H,17,18,19)(H2,12,13,14,15,16). The van der Waals surface area contributed by atoms with Crippen LogP contribution in [0.4, 0.5) is 4.79 Å². The van der Waals surface area contributed by atoms with E-state index in [2.05, 4.69) is 0 Å². The largest absolute Gasteiger partial charge is 0.328 e. The Morgan fingerprint density at radius 3 is 1.95 bits per heavy atom. The summed E-state index contributed by atoms with van der Waals surface area (Å²) in [5.74, 6) is -2.49. The van der Waals surface area contributed by atoms with E-state index in [0.29, 0.717) is 5.56 Å². The van der Waals surface area contributed by atoms with Gasteiger partial charge in [-0.3, -0.25) is 24.8 Å². The van der Waals surface area contributed by atoms with E-state index >= 15 is 0 Å². The molecule has 0 unspecified atom stereocenters. The van der Waals surface area contributed by atoms with E-state index in [0.717, 1.165) is 12.1 Å². The van der Waals surface area contributed by atoms with E-state index in [1.54, 1.807) is 0 Å². The molecular weight excluding hydrogens is 288 g/mol. The molecule has 106 valence electrons. The Kier molecular flexibility index (Phi) is 3.55. The van der Waals surface area contributed by atoms with Crippen molar-refractivity contribution in [3.8, 4) is 0 Å². The monoisotopic (exact) mass is 298 g/mol. The molecule has 20 heavy (non-hydrogen) atoms. The first-order valence-electron chi connectivity index (χ1n) is 5.49. The van der Waals surface area contributed by atoms with Crippen molar-refractivity contribution >= 4 is 28.0 Å². The van der Waals surface area contributed by atoms with Gasteiger partial charge in [-0.15, -0.1) is 0 Å². The maximum atomic E-state index is 11.5. The highest BCUT2D eigenvalue weighted by molar-refractivity contribution is 7.85. The van der Waals surface area contributed by atoms with Gasteiger partial charge < -0.3 is 0 Å². The number of carbonyl (C=O) groups is 3. The molecule has 0 aliphatic carbocycles. The molecule has 0 bridgehead atoms. The number of imide groups is 2. The second-order valence-electron chi connectivity index (χ2n) is 4.18. The quantitative estimate of drug-likeness (QED) is 0.507. The Bertz CT molecular complexity index is 659. The molecule has 1 fully saturated rings. The summed E-state index contributed by atoms with van der Waals surface area (Å²) in [6, 6.07) is 4.21. The van der Waals surface area contributed by atoms with Crippen LogP contribution < -0.4 is 10.6 Å². The predicted octanol–water partition coefficient (Wildman–Crippen LogP) is -0.542. The molecule has 0 spiro atoms. The lowest BCUT2D eigenvalue weighted by molar-refractivity contribution is -0.135. The first-order valence-corrected chi connectivity index (χ1v) is 6.93. The average molecular weight is 298 g/mol. The zero-order valence-electron chi connectivity index (χ0n) is 9.99. The summed E-state index contributed by atoms with van der Waals surface area (Å²) in [6.07, 6.45) is 0.0106. The number of benzene rings is 1. The summed E-state index contributed by atoms with van der Waals surface area (Å²) in [4.78, 5) is 33.6. The molecule has 0 saturated carbocycles. The number of nitrogens with one attached hydrogen (secondary N) is 2. The maximum Gasteiger partial charge on any atom is 0.328 e. The molecule has 1 aromatic carbocycles. The highest BCUT2D eigenvalue weighted by atomic mass is 32.2. The number of amides is 4. The molecular formula is C11H10N2O6S. The zero-order chi connectivity index (χ0) is 14.9. The normalized spacial score (nSPS) is 16.8. The number of rotatable bonds is 3. The lowest BCUT2D eigenvalue weighted by Gasteiger charge is -2.20. The zero-order valence-corrected chi connectivity index (χ0v) is 10.8. The minimum atomic E-state index is -4.28. The molecule has 8 nitrogen and oxygen atoms in total. The van der Waals surface area contributed by atoms with Crippen LogP contribution in [0, 0.1) is 5.92 Å². The van der Waals surface area contributed by atoms with Gasteiger partial charge in [-0.05, 0) is 24.1 Å². The van der Waals surface area contributed by atoms with Crippen LogP contribution in [0.2, 0.25) is 0 Å². The molecule has 1 aromatic rings. The van der Waals surface area contributed by atoms with Gasteiger partial charge in [-0.25, -0.2) is 4.79 Å². The summed E-state index contributed by atoms with van der Waals surface area (Å²) < 4.78 is 30.5. The lowest BCUT2D eigenvalue weighted by Crippen LogP contribution is -2.56. The highest BCUT2D eigenvalue weighted by Crippen LogP contribution is 2.15.